The van der Waals surface area contributed by atoms with Crippen LogP contribution in [0.5, 0.6) is 0 Å². The second-order valence-electron chi connectivity index (χ2n) is 9.13. The maximum Gasteiger partial charge on any atom is 0.237 e. The Labute approximate surface area is 175 Å². The molecule has 1 aliphatic carbocycles. The number of aryl methyl sites for hydroxylation is 1. The molecule has 3 fully saturated rings. The fourth-order valence-electron chi connectivity index (χ4n) is 5.64. The number of carbonyl (C=O) groups is 1. The lowest BCUT2D eigenvalue weighted by molar-refractivity contribution is -0.138. The van der Waals surface area contributed by atoms with Gasteiger partial charge in [0, 0.05) is 18.1 Å². The van der Waals surface area contributed by atoms with Gasteiger partial charge in [-0.25, -0.2) is 8.42 Å². The predicted molar refractivity (Wildman–Crippen MR) is 116 cm³/mol. The molecule has 1 aromatic rings. The van der Waals surface area contributed by atoms with Gasteiger partial charge in [0.05, 0.1) is 18.1 Å². The van der Waals surface area contributed by atoms with Gasteiger partial charge in [0.1, 0.15) is 0 Å². The largest absolute Gasteiger partial charge is 0.335 e. The molecule has 0 aromatic heterocycles. The first-order valence-corrected chi connectivity index (χ1v) is 13.1. The number of amides is 1. The second kappa shape index (κ2) is 8.76. The molecule has 1 amide bonds. The van der Waals surface area contributed by atoms with Gasteiger partial charge in [0.25, 0.3) is 0 Å². The van der Waals surface area contributed by atoms with Crippen molar-refractivity contribution < 1.29 is 13.2 Å². The molecule has 6 heteroatoms. The maximum atomic E-state index is 13.5. The second-order valence-corrected chi connectivity index (χ2v) is 11.4. The number of hydrogen-bond donors (Lipinski definition) is 0. The van der Waals surface area contributed by atoms with Crippen LogP contribution in [-0.4, -0.2) is 60.8 Å². The van der Waals surface area contributed by atoms with E-state index in [2.05, 4.69) is 36.1 Å². The summed E-state index contributed by atoms with van der Waals surface area (Å²) < 4.78 is 24.2. The number of nitrogens with zero attached hydrogens (tertiary/aromatic N) is 2. The minimum absolute atomic E-state index is 0.130. The zero-order valence-corrected chi connectivity index (χ0v) is 18.4. The Morgan fingerprint density at radius 1 is 1.03 bits per heavy atom. The summed E-state index contributed by atoms with van der Waals surface area (Å²) in [6.45, 7) is 3.49. The van der Waals surface area contributed by atoms with Crippen LogP contribution in [0.4, 0.5) is 0 Å². The zero-order chi connectivity index (χ0) is 20.4. The fourth-order valence-corrected chi connectivity index (χ4v) is 7.35. The van der Waals surface area contributed by atoms with Crippen molar-refractivity contribution in [2.24, 2.45) is 0 Å². The van der Waals surface area contributed by atoms with Gasteiger partial charge in [-0.2, -0.15) is 0 Å². The van der Waals surface area contributed by atoms with E-state index < -0.39 is 9.84 Å². The van der Waals surface area contributed by atoms with Crippen LogP contribution in [0.2, 0.25) is 0 Å². The molecule has 2 saturated heterocycles. The van der Waals surface area contributed by atoms with Gasteiger partial charge < -0.3 is 4.90 Å². The van der Waals surface area contributed by atoms with Crippen LogP contribution in [0.3, 0.4) is 0 Å². The van der Waals surface area contributed by atoms with E-state index in [-0.39, 0.29) is 29.5 Å². The molecule has 4 rings (SSSR count). The van der Waals surface area contributed by atoms with Crippen LogP contribution in [-0.2, 0) is 14.6 Å². The monoisotopic (exact) mass is 418 g/mol. The van der Waals surface area contributed by atoms with Crippen LogP contribution >= 0.6 is 0 Å². The third-order valence-corrected chi connectivity index (χ3v) is 8.86. The molecular weight excluding hydrogens is 384 g/mol. The van der Waals surface area contributed by atoms with Gasteiger partial charge in [0.2, 0.25) is 5.91 Å². The predicted octanol–water partition coefficient (Wildman–Crippen LogP) is 3.48. The van der Waals surface area contributed by atoms with Crippen LogP contribution < -0.4 is 0 Å². The first-order valence-electron chi connectivity index (χ1n) is 11.3. The topological polar surface area (TPSA) is 57.7 Å². The Balaban J connectivity index is 1.52. The van der Waals surface area contributed by atoms with Crippen molar-refractivity contribution in [3.63, 3.8) is 0 Å². The Morgan fingerprint density at radius 2 is 1.79 bits per heavy atom. The van der Waals surface area contributed by atoms with Crippen LogP contribution in [0, 0.1) is 6.92 Å². The van der Waals surface area contributed by atoms with Crippen molar-refractivity contribution in [2.75, 3.05) is 24.6 Å². The van der Waals surface area contributed by atoms with E-state index in [0.29, 0.717) is 19.0 Å². The molecule has 0 N–H and O–H groups in total. The lowest BCUT2D eigenvalue weighted by atomic mass is 9.92. The van der Waals surface area contributed by atoms with Crippen LogP contribution in [0.1, 0.15) is 68.5 Å². The summed E-state index contributed by atoms with van der Waals surface area (Å²) in [5.74, 6) is 0.514. The molecule has 1 saturated carbocycles. The standard InChI is InChI=1S/C23H34N2O3S/c1-18-8-5-6-11-21(18)22-12-7-14-24(22)16-23(26)25(19-9-3-2-4-10-19)20-13-15-29(27,28)17-20/h5-6,8,11,19-20,22H,2-4,7,9-10,12-17H2,1H3. The van der Waals surface area contributed by atoms with Gasteiger partial charge in [-0.15, -0.1) is 0 Å². The van der Waals surface area contributed by atoms with Crippen molar-refractivity contribution in [2.45, 2.75) is 76.4 Å². The number of likely N-dealkylation sites (tertiary alicyclic amines) is 1. The highest BCUT2D eigenvalue weighted by atomic mass is 32.2. The molecule has 0 bridgehead atoms. The minimum Gasteiger partial charge on any atom is -0.335 e. The van der Waals surface area contributed by atoms with E-state index in [1.807, 2.05) is 4.90 Å². The first-order chi connectivity index (χ1) is 13.9. The van der Waals surface area contributed by atoms with E-state index in [9.17, 15) is 13.2 Å². The molecule has 1 aromatic carbocycles. The molecule has 2 aliphatic heterocycles. The lowest BCUT2D eigenvalue weighted by Gasteiger charge is -2.39. The average Bonchev–Trinajstić information content (AvgIpc) is 3.29. The van der Waals surface area contributed by atoms with E-state index in [1.54, 1.807) is 0 Å². The lowest BCUT2D eigenvalue weighted by Crippen LogP contribution is -2.52. The summed E-state index contributed by atoms with van der Waals surface area (Å²) in [4.78, 5) is 17.9. The highest BCUT2D eigenvalue weighted by Crippen LogP contribution is 2.34. The smallest absolute Gasteiger partial charge is 0.237 e. The number of rotatable bonds is 5. The third kappa shape index (κ3) is 4.69. The zero-order valence-electron chi connectivity index (χ0n) is 17.6. The van der Waals surface area contributed by atoms with E-state index >= 15 is 0 Å². The molecule has 160 valence electrons. The normalized spacial score (nSPS) is 27.9. The van der Waals surface area contributed by atoms with Gasteiger partial charge in [-0.3, -0.25) is 9.69 Å². The number of carbonyl (C=O) groups excluding carboxylic acids is 1. The summed E-state index contributed by atoms with van der Waals surface area (Å²) in [6.07, 6.45) is 8.33. The van der Waals surface area contributed by atoms with Crippen LogP contribution in [0.15, 0.2) is 24.3 Å². The molecule has 2 unspecified atom stereocenters. The van der Waals surface area contributed by atoms with Crippen molar-refractivity contribution in [3.8, 4) is 0 Å². The van der Waals surface area contributed by atoms with Gasteiger partial charge in [-0.05, 0) is 56.7 Å². The van der Waals surface area contributed by atoms with Crippen molar-refractivity contribution in [3.05, 3.63) is 35.4 Å². The van der Waals surface area contributed by atoms with Crippen molar-refractivity contribution >= 4 is 15.7 Å². The SMILES string of the molecule is Cc1ccccc1C1CCCN1CC(=O)N(C1CCCCC1)C1CCS(=O)(=O)C1. The van der Waals surface area contributed by atoms with E-state index in [1.165, 1.54) is 17.5 Å². The quantitative estimate of drug-likeness (QED) is 0.735. The van der Waals surface area contributed by atoms with E-state index in [0.717, 1.165) is 45.1 Å². The molecule has 2 atom stereocenters. The number of sulfone groups is 1. The molecule has 29 heavy (non-hydrogen) atoms. The maximum absolute atomic E-state index is 13.5. The Morgan fingerprint density at radius 3 is 2.48 bits per heavy atom. The molecule has 0 spiro atoms. The van der Waals surface area contributed by atoms with Gasteiger partial charge in [-0.1, -0.05) is 43.5 Å². The number of benzene rings is 1. The van der Waals surface area contributed by atoms with Crippen molar-refractivity contribution in [1.82, 2.24) is 9.80 Å². The molecule has 2 heterocycles. The summed E-state index contributed by atoms with van der Waals surface area (Å²) in [5, 5.41) is 0. The first kappa shape index (κ1) is 20.9. The molecule has 5 nitrogen and oxygen atoms in total. The summed E-state index contributed by atoms with van der Waals surface area (Å²) in [7, 11) is -3.01. The van der Waals surface area contributed by atoms with Gasteiger partial charge >= 0.3 is 0 Å². The summed E-state index contributed by atoms with van der Waals surface area (Å²) in [6, 6.07) is 8.86. The average molecular weight is 419 g/mol. The molecule has 0 radical (unpaired) electrons. The summed E-state index contributed by atoms with van der Waals surface area (Å²) in [5.41, 5.74) is 2.60. The third-order valence-electron chi connectivity index (χ3n) is 7.11. The highest BCUT2D eigenvalue weighted by Gasteiger charge is 2.40. The number of hydrogen-bond acceptors (Lipinski definition) is 4. The molecular formula is C23H34N2O3S. The van der Waals surface area contributed by atoms with Crippen molar-refractivity contribution in [1.29, 1.82) is 0 Å². The van der Waals surface area contributed by atoms with Crippen LogP contribution in [0.25, 0.3) is 0 Å². The Bertz CT molecular complexity index is 832. The Kier molecular flexibility index (Phi) is 6.30. The highest BCUT2D eigenvalue weighted by molar-refractivity contribution is 7.91. The Hall–Kier alpha value is -1.40. The minimum atomic E-state index is -3.01. The summed E-state index contributed by atoms with van der Waals surface area (Å²) >= 11 is 0. The van der Waals surface area contributed by atoms with E-state index in [4.69, 9.17) is 0 Å². The van der Waals surface area contributed by atoms with Gasteiger partial charge in [0.15, 0.2) is 9.84 Å². The molecule has 3 aliphatic rings. The fraction of sp³-hybridized carbons (Fsp3) is 0.696.